The normalized spacial score (nSPS) is 18.4. The van der Waals surface area contributed by atoms with Crippen molar-refractivity contribution in [3.05, 3.63) is 45.1 Å². The minimum atomic E-state index is -0.548. The molecule has 1 aromatic carbocycles. The Morgan fingerprint density at radius 2 is 1.77 bits per heavy atom. The fourth-order valence-corrected chi connectivity index (χ4v) is 4.90. The summed E-state index contributed by atoms with van der Waals surface area (Å²) in [5, 5.41) is 4.06. The fraction of sp³-hybridized carbons (Fsp3) is 0.609. The van der Waals surface area contributed by atoms with Crippen molar-refractivity contribution < 1.29 is 4.79 Å². The molecule has 7 heteroatoms. The van der Waals surface area contributed by atoms with Crippen molar-refractivity contribution in [2.24, 2.45) is 0 Å². The number of benzene rings is 1. The first kappa shape index (κ1) is 22.3. The first-order valence-electron chi connectivity index (χ1n) is 10.8. The number of para-hydroxylation sites is 1. The average molecular weight is 415 g/mol. The Balaban J connectivity index is 1.92. The number of unbranched alkanes of at least 4 members (excludes halogenated alkanes) is 1. The SMILES string of the molecule is CCCCN(C(=O)Cn1c(=O)[nH]c2ccccc2c1=O)C1CC(C)(C)NC(C)(C)C1. The number of piperidine rings is 1. The standard InChI is InChI=1S/C23H34N4O3/c1-6-7-12-26(16-13-22(2,3)25-23(4,5)14-16)19(28)15-27-20(29)17-10-8-9-11-18(17)24-21(27)30/h8-11,16,25H,6-7,12-15H2,1-5H3,(H,24,30). The molecular formula is C23H34N4O3. The highest BCUT2D eigenvalue weighted by molar-refractivity contribution is 5.79. The molecule has 30 heavy (non-hydrogen) atoms. The maximum atomic E-state index is 13.4. The summed E-state index contributed by atoms with van der Waals surface area (Å²) in [6.45, 7) is 11.1. The number of hydrogen-bond donors (Lipinski definition) is 2. The predicted octanol–water partition coefficient (Wildman–Crippen LogP) is 2.63. The lowest BCUT2D eigenvalue weighted by Crippen LogP contribution is -2.63. The molecule has 164 valence electrons. The van der Waals surface area contributed by atoms with E-state index in [0.717, 1.165) is 30.3 Å². The van der Waals surface area contributed by atoms with Gasteiger partial charge in [-0.1, -0.05) is 25.5 Å². The number of H-pyrrole nitrogens is 1. The second-order valence-corrected chi connectivity index (χ2v) is 9.76. The summed E-state index contributed by atoms with van der Waals surface area (Å²) in [6.07, 6.45) is 3.52. The molecule has 0 saturated carbocycles. The third kappa shape index (κ3) is 4.83. The van der Waals surface area contributed by atoms with Gasteiger partial charge in [-0.2, -0.15) is 0 Å². The van der Waals surface area contributed by atoms with E-state index in [1.165, 1.54) is 0 Å². The van der Waals surface area contributed by atoms with E-state index in [1.807, 2.05) is 4.90 Å². The molecule has 1 aliphatic heterocycles. The van der Waals surface area contributed by atoms with Crippen LogP contribution in [0.2, 0.25) is 0 Å². The van der Waals surface area contributed by atoms with Gasteiger partial charge in [0.05, 0.1) is 10.9 Å². The highest BCUT2D eigenvalue weighted by Crippen LogP contribution is 2.32. The molecule has 3 rings (SSSR count). The van der Waals surface area contributed by atoms with Gasteiger partial charge in [-0.15, -0.1) is 0 Å². The summed E-state index contributed by atoms with van der Waals surface area (Å²) in [7, 11) is 0. The maximum Gasteiger partial charge on any atom is 0.329 e. The lowest BCUT2D eigenvalue weighted by molar-refractivity contribution is -0.136. The van der Waals surface area contributed by atoms with Crippen LogP contribution in [0.1, 0.15) is 60.3 Å². The molecule has 1 aromatic heterocycles. The summed E-state index contributed by atoms with van der Waals surface area (Å²) in [5.41, 5.74) is -0.693. The zero-order valence-electron chi connectivity index (χ0n) is 18.7. The summed E-state index contributed by atoms with van der Waals surface area (Å²) in [5.74, 6) is -0.176. The van der Waals surface area contributed by atoms with Crippen molar-refractivity contribution in [3.63, 3.8) is 0 Å². The Labute approximate surface area is 177 Å². The Kier molecular flexibility index (Phi) is 6.22. The van der Waals surface area contributed by atoms with Crippen molar-refractivity contribution in [2.75, 3.05) is 6.54 Å². The molecule has 0 radical (unpaired) electrons. The van der Waals surface area contributed by atoms with Crippen LogP contribution in [0.15, 0.2) is 33.9 Å². The maximum absolute atomic E-state index is 13.4. The molecule has 1 saturated heterocycles. The minimum Gasteiger partial charge on any atom is -0.338 e. The Morgan fingerprint density at radius 1 is 1.13 bits per heavy atom. The molecule has 0 bridgehead atoms. The van der Waals surface area contributed by atoms with Gasteiger partial charge in [0.15, 0.2) is 0 Å². The lowest BCUT2D eigenvalue weighted by atomic mass is 9.79. The summed E-state index contributed by atoms with van der Waals surface area (Å²) in [4.78, 5) is 43.4. The summed E-state index contributed by atoms with van der Waals surface area (Å²) < 4.78 is 1.03. The van der Waals surface area contributed by atoms with E-state index in [-0.39, 0.29) is 29.6 Å². The number of carbonyl (C=O) groups excluding carboxylic acids is 1. The highest BCUT2D eigenvalue weighted by atomic mass is 16.2. The molecule has 0 atom stereocenters. The summed E-state index contributed by atoms with van der Waals surface area (Å²) >= 11 is 0. The molecule has 0 aliphatic carbocycles. The van der Waals surface area contributed by atoms with Crippen LogP contribution in [0.5, 0.6) is 0 Å². The van der Waals surface area contributed by atoms with E-state index in [0.29, 0.717) is 17.4 Å². The van der Waals surface area contributed by atoms with Gasteiger partial charge in [-0.3, -0.25) is 14.2 Å². The second-order valence-electron chi connectivity index (χ2n) is 9.76. The average Bonchev–Trinajstić information content (AvgIpc) is 2.63. The van der Waals surface area contributed by atoms with E-state index in [2.05, 4.69) is 44.9 Å². The number of aromatic amines is 1. The smallest absolute Gasteiger partial charge is 0.329 e. The minimum absolute atomic E-state index is 0.0607. The monoisotopic (exact) mass is 414 g/mol. The molecule has 2 N–H and O–H groups in total. The van der Waals surface area contributed by atoms with Crippen molar-refractivity contribution in [3.8, 4) is 0 Å². The third-order valence-corrected chi connectivity index (χ3v) is 5.87. The first-order valence-corrected chi connectivity index (χ1v) is 10.8. The van der Waals surface area contributed by atoms with Crippen LogP contribution < -0.4 is 16.6 Å². The highest BCUT2D eigenvalue weighted by Gasteiger charge is 2.41. The molecule has 0 spiro atoms. The van der Waals surface area contributed by atoms with Crippen LogP contribution in [-0.2, 0) is 11.3 Å². The van der Waals surface area contributed by atoms with E-state index >= 15 is 0 Å². The van der Waals surface area contributed by atoms with Crippen molar-refractivity contribution in [1.82, 2.24) is 19.8 Å². The topological polar surface area (TPSA) is 87.2 Å². The number of aromatic nitrogens is 2. The van der Waals surface area contributed by atoms with E-state index in [1.54, 1.807) is 24.3 Å². The number of amides is 1. The van der Waals surface area contributed by atoms with E-state index in [9.17, 15) is 14.4 Å². The molecule has 7 nitrogen and oxygen atoms in total. The number of hydrogen-bond acceptors (Lipinski definition) is 4. The summed E-state index contributed by atoms with van der Waals surface area (Å²) in [6, 6.07) is 6.94. The number of rotatable bonds is 6. The van der Waals surface area contributed by atoms with Crippen molar-refractivity contribution in [1.29, 1.82) is 0 Å². The van der Waals surface area contributed by atoms with Crippen LogP contribution >= 0.6 is 0 Å². The molecule has 1 amide bonds. The largest absolute Gasteiger partial charge is 0.338 e. The third-order valence-electron chi connectivity index (χ3n) is 5.87. The van der Waals surface area contributed by atoms with Crippen LogP contribution in [0.25, 0.3) is 10.9 Å². The molecule has 2 aromatic rings. The van der Waals surface area contributed by atoms with Crippen LogP contribution in [0.4, 0.5) is 0 Å². The molecule has 1 aliphatic rings. The molecule has 0 unspecified atom stereocenters. The van der Waals surface area contributed by atoms with Crippen LogP contribution in [0, 0.1) is 0 Å². The molecular weight excluding hydrogens is 380 g/mol. The Bertz CT molecular complexity index is 1020. The number of nitrogens with one attached hydrogen (secondary N) is 2. The van der Waals surface area contributed by atoms with Gasteiger partial charge in [0.25, 0.3) is 5.56 Å². The van der Waals surface area contributed by atoms with Gasteiger partial charge in [0.2, 0.25) is 5.91 Å². The van der Waals surface area contributed by atoms with Crippen LogP contribution in [0.3, 0.4) is 0 Å². The fourth-order valence-electron chi connectivity index (χ4n) is 4.90. The lowest BCUT2D eigenvalue weighted by Gasteiger charge is -2.49. The number of carbonyl (C=O) groups is 1. The van der Waals surface area contributed by atoms with Gasteiger partial charge in [0, 0.05) is 23.7 Å². The molecule has 2 heterocycles. The van der Waals surface area contributed by atoms with E-state index < -0.39 is 11.2 Å². The number of fused-ring (bicyclic) bond motifs is 1. The molecule has 1 fully saturated rings. The van der Waals surface area contributed by atoms with Gasteiger partial charge < -0.3 is 15.2 Å². The quantitative estimate of drug-likeness (QED) is 0.761. The van der Waals surface area contributed by atoms with Crippen LogP contribution in [-0.4, -0.2) is 44.0 Å². The number of nitrogens with zero attached hydrogens (tertiary/aromatic N) is 2. The zero-order valence-corrected chi connectivity index (χ0v) is 18.7. The van der Waals surface area contributed by atoms with Crippen molar-refractivity contribution >= 4 is 16.8 Å². The Hall–Kier alpha value is -2.41. The second kappa shape index (κ2) is 8.38. The zero-order chi connectivity index (χ0) is 22.1. The van der Waals surface area contributed by atoms with Crippen molar-refractivity contribution in [2.45, 2.75) is 84.0 Å². The first-order chi connectivity index (χ1) is 14.0. The van der Waals surface area contributed by atoms with Gasteiger partial charge >= 0.3 is 5.69 Å². The van der Waals surface area contributed by atoms with Gasteiger partial charge in [-0.05, 0) is 59.1 Å². The van der Waals surface area contributed by atoms with Gasteiger partial charge in [-0.25, -0.2) is 4.79 Å². The predicted molar refractivity (Wildman–Crippen MR) is 120 cm³/mol. The van der Waals surface area contributed by atoms with E-state index in [4.69, 9.17) is 0 Å². The Morgan fingerprint density at radius 3 is 2.40 bits per heavy atom. The van der Waals surface area contributed by atoms with Gasteiger partial charge in [0.1, 0.15) is 6.54 Å².